The number of hydrogen-bond donors (Lipinski definition) is 1. The van der Waals surface area contributed by atoms with E-state index in [1.165, 1.54) is 7.11 Å². The average molecular weight is 340 g/mol. The van der Waals surface area contributed by atoms with Gasteiger partial charge in [-0.15, -0.1) is 0 Å². The van der Waals surface area contributed by atoms with E-state index < -0.39 is 0 Å². The molecule has 23 heavy (non-hydrogen) atoms. The molecule has 0 radical (unpaired) electrons. The highest BCUT2D eigenvalue weighted by Crippen LogP contribution is 2.30. The number of carbonyl (C=O) groups excluding carboxylic acids is 1. The first kappa shape index (κ1) is 16.3. The summed E-state index contributed by atoms with van der Waals surface area (Å²) >= 11 is 6.22. The van der Waals surface area contributed by atoms with Gasteiger partial charge in [-0.3, -0.25) is 9.69 Å². The Morgan fingerprint density at radius 3 is 2.74 bits per heavy atom. The fourth-order valence-electron chi connectivity index (χ4n) is 3.60. The van der Waals surface area contributed by atoms with Crippen LogP contribution in [0.2, 0.25) is 5.02 Å². The smallest absolute Gasteiger partial charge is 0.318 e. The van der Waals surface area contributed by atoms with Crippen molar-refractivity contribution in [2.75, 3.05) is 31.6 Å². The van der Waals surface area contributed by atoms with Crippen LogP contribution in [0.25, 0.3) is 0 Å². The maximum absolute atomic E-state index is 11.6. The lowest BCUT2D eigenvalue weighted by molar-refractivity contribution is -0.123. The summed E-state index contributed by atoms with van der Waals surface area (Å²) in [5.74, 6) is 0.512. The SMILES string of the molecule is COc1ncc(Cl)c(N2CCC(N3CCCC3C(N)=O)CC2)n1. The van der Waals surface area contributed by atoms with Gasteiger partial charge >= 0.3 is 6.01 Å². The van der Waals surface area contributed by atoms with Gasteiger partial charge in [-0.2, -0.15) is 4.98 Å². The number of ether oxygens (including phenoxy) is 1. The lowest BCUT2D eigenvalue weighted by Crippen LogP contribution is -2.50. The molecular formula is C15H22ClN5O2. The summed E-state index contributed by atoms with van der Waals surface area (Å²) in [5.41, 5.74) is 5.53. The Kier molecular flexibility index (Phi) is 4.87. The van der Waals surface area contributed by atoms with Gasteiger partial charge in [0.15, 0.2) is 5.82 Å². The van der Waals surface area contributed by atoms with Crippen LogP contribution in [0.5, 0.6) is 6.01 Å². The minimum Gasteiger partial charge on any atom is -0.467 e. The number of aromatic nitrogens is 2. The Morgan fingerprint density at radius 2 is 2.09 bits per heavy atom. The molecule has 8 heteroatoms. The van der Waals surface area contributed by atoms with Crippen molar-refractivity contribution in [3.05, 3.63) is 11.2 Å². The van der Waals surface area contributed by atoms with Gasteiger partial charge in [0.2, 0.25) is 5.91 Å². The van der Waals surface area contributed by atoms with Crippen molar-refractivity contribution < 1.29 is 9.53 Å². The van der Waals surface area contributed by atoms with Gasteiger partial charge in [0.25, 0.3) is 0 Å². The number of primary amides is 1. The van der Waals surface area contributed by atoms with Crippen LogP contribution in [-0.4, -0.2) is 59.6 Å². The number of methoxy groups -OCH3 is 1. The van der Waals surface area contributed by atoms with E-state index in [0.717, 1.165) is 45.3 Å². The molecule has 3 heterocycles. The molecule has 2 saturated heterocycles. The zero-order valence-electron chi connectivity index (χ0n) is 13.2. The topological polar surface area (TPSA) is 84.6 Å². The zero-order chi connectivity index (χ0) is 16.4. The Balaban J connectivity index is 1.66. The van der Waals surface area contributed by atoms with Crippen LogP contribution in [0.1, 0.15) is 25.7 Å². The molecule has 1 aromatic rings. The van der Waals surface area contributed by atoms with E-state index in [0.29, 0.717) is 22.9 Å². The van der Waals surface area contributed by atoms with Crippen LogP contribution < -0.4 is 15.4 Å². The number of nitrogens with two attached hydrogens (primary N) is 1. The third kappa shape index (κ3) is 3.35. The second-order valence-corrected chi connectivity index (χ2v) is 6.45. The largest absolute Gasteiger partial charge is 0.467 e. The molecule has 2 aliphatic rings. The third-order valence-corrected chi connectivity index (χ3v) is 5.01. The normalized spacial score (nSPS) is 23.2. The van der Waals surface area contributed by atoms with Gasteiger partial charge in [0.1, 0.15) is 5.02 Å². The predicted octanol–water partition coefficient (Wildman–Crippen LogP) is 1.06. The van der Waals surface area contributed by atoms with Gasteiger partial charge in [-0.1, -0.05) is 11.6 Å². The van der Waals surface area contributed by atoms with E-state index in [4.69, 9.17) is 22.1 Å². The van der Waals surface area contributed by atoms with E-state index in [2.05, 4.69) is 19.8 Å². The summed E-state index contributed by atoms with van der Waals surface area (Å²) in [5, 5.41) is 0.528. The van der Waals surface area contributed by atoms with Crippen LogP contribution in [0.3, 0.4) is 0 Å². The van der Waals surface area contributed by atoms with E-state index >= 15 is 0 Å². The maximum Gasteiger partial charge on any atom is 0.318 e. The van der Waals surface area contributed by atoms with Crippen molar-refractivity contribution in [3.63, 3.8) is 0 Å². The van der Waals surface area contributed by atoms with E-state index in [-0.39, 0.29) is 11.9 Å². The number of halogens is 1. The van der Waals surface area contributed by atoms with Crippen molar-refractivity contribution in [2.45, 2.75) is 37.8 Å². The molecule has 1 unspecified atom stereocenters. The van der Waals surface area contributed by atoms with Crippen LogP contribution in [0, 0.1) is 0 Å². The second-order valence-electron chi connectivity index (χ2n) is 6.04. The minimum atomic E-state index is -0.200. The van der Waals surface area contributed by atoms with Crippen LogP contribution >= 0.6 is 11.6 Å². The van der Waals surface area contributed by atoms with Gasteiger partial charge in [-0.05, 0) is 32.2 Å². The maximum atomic E-state index is 11.6. The molecule has 0 saturated carbocycles. The number of piperidine rings is 1. The summed E-state index contributed by atoms with van der Waals surface area (Å²) < 4.78 is 5.08. The van der Waals surface area contributed by atoms with E-state index in [1.807, 2.05) is 0 Å². The first-order valence-corrected chi connectivity index (χ1v) is 8.34. The average Bonchev–Trinajstić information content (AvgIpc) is 3.05. The molecule has 7 nitrogen and oxygen atoms in total. The Bertz CT molecular complexity index is 577. The highest BCUT2D eigenvalue weighted by Gasteiger charge is 2.36. The summed E-state index contributed by atoms with van der Waals surface area (Å²) in [6.07, 6.45) is 5.42. The van der Waals surface area contributed by atoms with Crippen molar-refractivity contribution in [1.82, 2.24) is 14.9 Å². The number of carbonyl (C=O) groups is 1. The van der Waals surface area contributed by atoms with E-state index in [9.17, 15) is 4.79 Å². The van der Waals surface area contributed by atoms with E-state index in [1.54, 1.807) is 6.20 Å². The fourth-order valence-corrected chi connectivity index (χ4v) is 3.81. The molecule has 3 rings (SSSR count). The number of anilines is 1. The molecule has 0 aliphatic carbocycles. The predicted molar refractivity (Wildman–Crippen MR) is 87.8 cm³/mol. The van der Waals surface area contributed by atoms with Crippen molar-refractivity contribution in [1.29, 1.82) is 0 Å². The Morgan fingerprint density at radius 1 is 1.35 bits per heavy atom. The number of hydrogen-bond acceptors (Lipinski definition) is 6. The molecular weight excluding hydrogens is 318 g/mol. The summed E-state index contributed by atoms with van der Waals surface area (Å²) in [7, 11) is 1.54. The number of likely N-dealkylation sites (tertiary alicyclic amines) is 1. The molecule has 0 aromatic carbocycles. The summed E-state index contributed by atoms with van der Waals surface area (Å²) in [4.78, 5) is 24.4. The quantitative estimate of drug-likeness (QED) is 0.883. The molecule has 0 spiro atoms. The standard InChI is InChI=1S/C15H22ClN5O2/c1-23-15-18-9-11(16)14(19-15)20-7-4-10(5-8-20)21-6-2-3-12(21)13(17)22/h9-10,12H,2-8H2,1H3,(H2,17,22). The first-order valence-electron chi connectivity index (χ1n) is 7.96. The number of amides is 1. The molecule has 2 aliphatic heterocycles. The molecule has 126 valence electrons. The molecule has 1 aromatic heterocycles. The Hall–Kier alpha value is -1.60. The highest BCUT2D eigenvalue weighted by molar-refractivity contribution is 6.32. The minimum absolute atomic E-state index is 0.103. The number of nitrogens with zero attached hydrogens (tertiary/aromatic N) is 4. The van der Waals surface area contributed by atoms with Crippen LogP contribution in [0.4, 0.5) is 5.82 Å². The van der Waals surface area contributed by atoms with Crippen molar-refractivity contribution in [3.8, 4) is 6.01 Å². The Labute approximate surface area is 140 Å². The lowest BCUT2D eigenvalue weighted by atomic mass is 10.0. The van der Waals surface area contributed by atoms with Crippen LogP contribution in [-0.2, 0) is 4.79 Å². The van der Waals surface area contributed by atoms with Crippen LogP contribution in [0.15, 0.2) is 6.20 Å². The second kappa shape index (κ2) is 6.88. The third-order valence-electron chi connectivity index (χ3n) is 4.74. The highest BCUT2D eigenvalue weighted by atomic mass is 35.5. The number of rotatable bonds is 4. The van der Waals surface area contributed by atoms with Gasteiger partial charge in [0.05, 0.1) is 19.3 Å². The molecule has 1 amide bonds. The molecule has 0 bridgehead atoms. The first-order chi connectivity index (χ1) is 11.1. The zero-order valence-corrected chi connectivity index (χ0v) is 14.0. The summed E-state index contributed by atoms with van der Waals surface area (Å²) in [6.45, 7) is 2.64. The lowest BCUT2D eigenvalue weighted by Gasteiger charge is -2.39. The van der Waals surface area contributed by atoms with Crippen molar-refractivity contribution >= 4 is 23.3 Å². The fraction of sp³-hybridized carbons (Fsp3) is 0.667. The van der Waals surface area contributed by atoms with Gasteiger partial charge in [-0.25, -0.2) is 4.98 Å². The van der Waals surface area contributed by atoms with Gasteiger partial charge in [0, 0.05) is 19.1 Å². The van der Waals surface area contributed by atoms with Gasteiger partial charge < -0.3 is 15.4 Å². The summed E-state index contributed by atoms with van der Waals surface area (Å²) in [6, 6.07) is 0.614. The monoisotopic (exact) mass is 339 g/mol. The molecule has 2 N–H and O–H groups in total. The molecule has 2 fully saturated rings. The van der Waals surface area contributed by atoms with Crippen molar-refractivity contribution in [2.24, 2.45) is 5.73 Å². The molecule has 1 atom stereocenters.